The molecule has 6 nitrogen and oxygen atoms in total. The molecule has 1 saturated heterocycles. The summed E-state index contributed by atoms with van der Waals surface area (Å²) in [5, 5.41) is 30.1. The molecule has 0 bridgehead atoms. The average molecular weight is 319 g/mol. The number of rotatable bonds is 2. The minimum atomic E-state index is -1.48. The molecule has 108 valence electrons. The summed E-state index contributed by atoms with van der Waals surface area (Å²) in [6, 6.07) is 3.16. The number of nitrogens with zero attached hydrogens (tertiary/aromatic N) is 2. The second-order valence-electron chi connectivity index (χ2n) is 4.70. The first-order chi connectivity index (χ1) is 9.49. The van der Waals surface area contributed by atoms with E-state index >= 15 is 0 Å². The van der Waals surface area contributed by atoms with Gasteiger partial charge in [-0.15, -0.1) is 0 Å². The van der Waals surface area contributed by atoms with E-state index in [4.69, 9.17) is 27.9 Å². The summed E-state index contributed by atoms with van der Waals surface area (Å²) in [6.45, 7) is -0.598. The zero-order valence-corrected chi connectivity index (χ0v) is 11.7. The molecule has 3 N–H and O–H groups in total. The van der Waals surface area contributed by atoms with Crippen LogP contribution in [0.2, 0.25) is 10.0 Å². The Labute approximate surface area is 124 Å². The molecule has 0 saturated carbocycles. The van der Waals surface area contributed by atoms with Crippen LogP contribution in [0.4, 0.5) is 0 Å². The molecule has 2 aromatic rings. The van der Waals surface area contributed by atoms with E-state index in [0.717, 1.165) is 0 Å². The molecule has 0 amide bonds. The smallest absolute Gasteiger partial charge is 0.198 e. The monoisotopic (exact) mass is 318 g/mol. The summed E-state index contributed by atoms with van der Waals surface area (Å²) in [5.74, 6) is 0. The number of fused-ring (bicyclic) bond motifs is 1. The van der Waals surface area contributed by atoms with Crippen molar-refractivity contribution in [1.82, 2.24) is 9.55 Å². The molecule has 1 aromatic carbocycles. The summed E-state index contributed by atoms with van der Waals surface area (Å²) in [5.41, 5.74) is -0.392. The topological polar surface area (TPSA) is 87.7 Å². The van der Waals surface area contributed by atoms with Crippen molar-refractivity contribution in [1.29, 1.82) is 0 Å². The SMILES string of the molecule is OC[C@]1(n2cnc3cc(Cl)c(Cl)cc32)OC[C@H](O)[C@@H]1O. The number of benzene rings is 1. The number of ether oxygens (including phenoxy) is 1. The second-order valence-corrected chi connectivity index (χ2v) is 5.51. The molecular formula is C12H12Cl2N2O4. The minimum absolute atomic E-state index is 0.0806. The number of hydrogen-bond acceptors (Lipinski definition) is 5. The van der Waals surface area contributed by atoms with Gasteiger partial charge in [-0.05, 0) is 12.1 Å². The van der Waals surface area contributed by atoms with Gasteiger partial charge in [0.2, 0.25) is 0 Å². The van der Waals surface area contributed by atoms with Crippen molar-refractivity contribution in [3.05, 3.63) is 28.5 Å². The highest BCUT2D eigenvalue weighted by Crippen LogP contribution is 2.36. The maximum atomic E-state index is 10.1. The van der Waals surface area contributed by atoms with Gasteiger partial charge in [0.1, 0.15) is 12.2 Å². The fourth-order valence-electron chi connectivity index (χ4n) is 2.44. The van der Waals surface area contributed by atoms with Crippen LogP contribution in [-0.2, 0) is 10.5 Å². The maximum absolute atomic E-state index is 10.1. The Bertz CT molecular complexity index is 662. The van der Waals surface area contributed by atoms with Crippen LogP contribution >= 0.6 is 23.2 Å². The number of aromatic nitrogens is 2. The third-order valence-electron chi connectivity index (χ3n) is 3.55. The largest absolute Gasteiger partial charge is 0.391 e. The molecule has 20 heavy (non-hydrogen) atoms. The average Bonchev–Trinajstić information content (AvgIpc) is 2.95. The van der Waals surface area contributed by atoms with Gasteiger partial charge in [0.15, 0.2) is 5.72 Å². The fourth-order valence-corrected chi connectivity index (χ4v) is 2.76. The summed E-state index contributed by atoms with van der Waals surface area (Å²) < 4.78 is 6.90. The summed E-state index contributed by atoms with van der Waals surface area (Å²) in [4.78, 5) is 4.15. The van der Waals surface area contributed by atoms with Crippen LogP contribution in [-0.4, -0.2) is 50.3 Å². The van der Waals surface area contributed by atoms with Crippen LogP contribution in [0, 0.1) is 0 Å². The van der Waals surface area contributed by atoms with Gasteiger partial charge in [0.25, 0.3) is 0 Å². The number of halogens is 2. The first-order valence-corrected chi connectivity index (χ1v) is 6.69. The van der Waals surface area contributed by atoms with Crippen molar-refractivity contribution in [2.24, 2.45) is 0 Å². The molecule has 1 aliphatic rings. The zero-order valence-electron chi connectivity index (χ0n) is 10.2. The van der Waals surface area contributed by atoms with Crippen molar-refractivity contribution < 1.29 is 20.1 Å². The van der Waals surface area contributed by atoms with E-state index < -0.39 is 24.5 Å². The van der Waals surface area contributed by atoms with Crippen molar-refractivity contribution >= 4 is 34.2 Å². The molecule has 1 aliphatic heterocycles. The quantitative estimate of drug-likeness (QED) is 0.760. The number of aliphatic hydroxyl groups excluding tert-OH is 3. The van der Waals surface area contributed by atoms with Gasteiger partial charge < -0.3 is 20.1 Å². The zero-order chi connectivity index (χ0) is 14.5. The number of imidazole rings is 1. The van der Waals surface area contributed by atoms with Gasteiger partial charge >= 0.3 is 0 Å². The Morgan fingerprint density at radius 2 is 2.05 bits per heavy atom. The van der Waals surface area contributed by atoms with Gasteiger partial charge in [0, 0.05) is 0 Å². The Kier molecular flexibility index (Phi) is 3.40. The standard InChI is InChI=1S/C12H12Cl2N2O4/c13-6-1-8-9(2-7(6)14)16(5-15-8)12(4-17)11(19)10(18)3-20-12/h1-2,5,10-11,17-19H,3-4H2/t10-,11-,12-/m0/s1. The Hall–Kier alpha value is -0.890. The van der Waals surface area contributed by atoms with E-state index in [-0.39, 0.29) is 6.61 Å². The predicted molar refractivity (Wildman–Crippen MR) is 72.8 cm³/mol. The molecule has 0 aliphatic carbocycles. The Balaban J connectivity index is 2.21. The molecule has 3 rings (SSSR count). The van der Waals surface area contributed by atoms with E-state index in [1.807, 2.05) is 0 Å². The van der Waals surface area contributed by atoms with E-state index in [2.05, 4.69) is 4.98 Å². The van der Waals surface area contributed by atoms with Gasteiger partial charge in [-0.1, -0.05) is 23.2 Å². The van der Waals surface area contributed by atoms with Crippen LogP contribution in [0.15, 0.2) is 18.5 Å². The molecule has 2 heterocycles. The lowest BCUT2D eigenvalue weighted by molar-refractivity contribution is -0.149. The van der Waals surface area contributed by atoms with Crippen LogP contribution in [0.5, 0.6) is 0 Å². The lowest BCUT2D eigenvalue weighted by Gasteiger charge is -2.31. The van der Waals surface area contributed by atoms with Crippen molar-refractivity contribution in [3.63, 3.8) is 0 Å². The summed E-state index contributed by atoms with van der Waals surface area (Å²) >= 11 is 11.9. The number of aliphatic hydroxyl groups is 3. The highest BCUT2D eigenvalue weighted by Gasteiger charge is 2.50. The third kappa shape index (κ3) is 1.84. The van der Waals surface area contributed by atoms with Crippen LogP contribution in [0.1, 0.15) is 0 Å². The maximum Gasteiger partial charge on any atom is 0.198 e. The first kappa shape index (κ1) is 14.1. The molecule has 8 heteroatoms. The van der Waals surface area contributed by atoms with Crippen LogP contribution < -0.4 is 0 Å². The molecule has 1 fully saturated rings. The summed E-state index contributed by atoms with van der Waals surface area (Å²) in [7, 11) is 0. The normalized spacial score (nSPS) is 30.2. The lowest BCUT2D eigenvalue weighted by atomic mass is 10.1. The molecule has 3 atom stereocenters. The fraction of sp³-hybridized carbons (Fsp3) is 0.417. The van der Waals surface area contributed by atoms with E-state index in [1.54, 1.807) is 12.1 Å². The molecule has 0 unspecified atom stereocenters. The second kappa shape index (κ2) is 4.84. The predicted octanol–water partition coefficient (Wildman–Crippen LogP) is 0.740. The Morgan fingerprint density at radius 1 is 1.35 bits per heavy atom. The number of hydrogen-bond donors (Lipinski definition) is 3. The van der Waals surface area contributed by atoms with E-state index in [0.29, 0.717) is 21.1 Å². The molecule has 0 radical (unpaired) electrons. The molecular weight excluding hydrogens is 307 g/mol. The van der Waals surface area contributed by atoms with E-state index in [1.165, 1.54) is 10.9 Å². The van der Waals surface area contributed by atoms with Gasteiger partial charge in [-0.3, -0.25) is 4.57 Å². The van der Waals surface area contributed by atoms with Gasteiger partial charge in [-0.25, -0.2) is 4.98 Å². The highest BCUT2D eigenvalue weighted by atomic mass is 35.5. The van der Waals surface area contributed by atoms with Crippen molar-refractivity contribution in [2.75, 3.05) is 13.2 Å². The summed E-state index contributed by atoms with van der Waals surface area (Å²) in [6.07, 6.45) is -0.948. The van der Waals surface area contributed by atoms with E-state index in [9.17, 15) is 15.3 Å². The van der Waals surface area contributed by atoms with Crippen molar-refractivity contribution in [3.8, 4) is 0 Å². The van der Waals surface area contributed by atoms with Crippen LogP contribution in [0.3, 0.4) is 0 Å². The third-order valence-corrected chi connectivity index (χ3v) is 4.28. The molecule has 0 spiro atoms. The molecule has 1 aromatic heterocycles. The lowest BCUT2D eigenvalue weighted by Crippen LogP contribution is -2.48. The highest BCUT2D eigenvalue weighted by molar-refractivity contribution is 6.42. The first-order valence-electron chi connectivity index (χ1n) is 5.93. The van der Waals surface area contributed by atoms with Crippen LogP contribution in [0.25, 0.3) is 11.0 Å². The van der Waals surface area contributed by atoms with Gasteiger partial charge in [0.05, 0.1) is 40.6 Å². The minimum Gasteiger partial charge on any atom is -0.391 e. The van der Waals surface area contributed by atoms with Crippen molar-refractivity contribution in [2.45, 2.75) is 17.9 Å². The van der Waals surface area contributed by atoms with Gasteiger partial charge in [-0.2, -0.15) is 0 Å². The Morgan fingerprint density at radius 3 is 2.65 bits per heavy atom.